The standard InChI is InChI=1S/C14H27N3O4/c1-6-7-15-12(20)9(2)16-13(21)17-10(8-11(18)19)14(3,4)5/h9-10H,6-8H2,1-5H3,(H,15,20)(H,18,19)(H2,16,17,21). The maximum atomic E-state index is 11.9. The molecule has 2 atom stereocenters. The van der Waals surface area contributed by atoms with Crippen LogP contribution in [0.2, 0.25) is 0 Å². The van der Waals surface area contributed by atoms with Crippen LogP contribution in [0, 0.1) is 5.41 Å². The number of nitrogens with one attached hydrogen (secondary N) is 3. The molecule has 3 amide bonds. The van der Waals surface area contributed by atoms with Crippen molar-refractivity contribution in [2.45, 2.75) is 59.5 Å². The third kappa shape index (κ3) is 8.16. The molecular weight excluding hydrogens is 274 g/mol. The highest BCUT2D eigenvalue weighted by Gasteiger charge is 2.29. The van der Waals surface area contributed by atoms with Gasteiger partial charge in [-0.3, -0.25) is 9.59 Å². The van der Waals surface area contributed by atoms with Crippen LogP contribution < -0.4 is 16.0 Å². The average Bonchev–Trinajstić information content (AvgIpc) is 2.33. The Bertz CT molecular complexity index is 377. The smallest absolute Gasteiger partial charge is 0.315 e. The normalized spacial score (nSPS) is 14.0. The molecule has 0 rings (SSSR count). The zero-order valence-electron chi connectivity index (χ0n) is 13.4. The van der Waals surface area contributed by atoms with Gasteiger partial charge in [0.2, 0.25) is 5.91 Å². The van der Waals surface area contributed by atoms with E-state index in [0.29, 0.717) is 6.54 Å². The van der Waals surface area contributed by atoms with Gasteiger partial charge in [-0.2, -0.15) is 0 Å². The zero-order valence-corrected chi connectivity index (χ0v) is 13.4. The largest absolute Gasteiger partial charge is 0.481 e. The Labute approximate surface area is 125 Å². The van der Waals surface area contributed by atoms with Gasteiger partial charge in [0.1, 0.15) is 6.04 Å². The Hall–Kier alpha value is -1.79. The van der Waals surface area contributed by atoms with E-state index in [1.54, 1.807) is 6.92 Å². The monoisotopic (exact) mass is 301 g/mol. The summed E-state index contributed by atoms with van der Waals surface area (Å²) in [4.78, 5) is 34.4. The quantitative estimate of drug-likeness (QED) is 0.564. The van der Waals surface area contributed by atoms with Crippen LogP contribution >= 0.6 is 0 Å². The van der Waals surface area contributed by atoms with Gasteiger partial charge in [0, 0.05) is 12.6 Å². The Morgan fingerprint density at radius 3 is 2.14 bits per heavy atom. The van der Waals surface area contributed by atoms with Crippen LogP contribution in [0.1, 0.15) is 47.5 Å². The summed E-state index contributed by atoms with van der Waals surface area (Å²) in [5.74, 6) is -1.25. The summed E-state index contributed by atoms with van der Waals surface area (Å²) in [6.45, 7) is 9.60. The minimum atomic E-state index is -0.982. The molecule has 0 aliphatic carbocycles. The van der Waals surface area contributed by atoms with Crippen molar-refractivity contribution in [2.24, 2.45) is 5.41 Å². The highest BCUT2D eigenvalue weighted by atomic mass is 16.4. The Kier molecular flexibility index (Phi) is 7.76. The molecule has 0 saturated heterocycles. The lowest BCUT2D eigenvalue weighted by Gasteiger charge is -2.30. The van der Waals surface area contributed by atoms with Gasteiger partial charge in [0.25, 0.3) is 0 Å². The van der Waals surface area contributed by atoms with Crippen LogP contribution in [-0.4, -0.2) is 41.6 Å². The summed E-state index contributed by atoms with van der Waals surface area (Å²) in [7, 11) is 0. The minimum Gasteiger partial charge on any atom is -0.481 e. The van der Waals surface area contributed by atoms with Crippen molar-refractivity contribution in [1.29, 1.82) is 0 Å². The van der Waals surface area contributed by atoms with Crippen LogP contribution in [0.25, 0.3) is 0 Å². The molecule has 122 valence electrons. The number of hydrogen-bond donors (Lipinski definition) is 4. The van der Waals surface area contributed by atoms with Crippen molar-refractivity contribution in [3.8, 4) is 0 Å². The molecule has 7 heteroatoms. The number of carbonyl (C=O) groups excluding carboxylic acids is 2. The second kappa shape index (κ2) is 8.49. The molecule has 0 aromatic carbocycles. The molecule has 21 heavy (non-hydrogen) atoms. The van der Waals surface area contributed by atoms with Crippen molar-refractivity contribution in [1.82, 2.24) is 16.0 Å². The lowest BCUT2D eigenvalue weighted by Crippen LogP contribution is -2.53. The molecule has 2 unspecified atom stereocenters. The van der Waals surface area contributed by atoms with Gasteiger partial charge in [-0.15, -0.1) is 0 Å². The highest BCUT2D eigenvalue weighted by molar-refractivity contribution is 5.86. The zero-order chi connectivity index (χ0) is 16.6. The number of carbonyl (C=O) groups is 3. The highest BCUT2D eigenvalue weighted by Crippen LogP contribution is 2.21. The molecule has 7 nitrogen and oxygen atoms in total. The molecule has 0 aliphatic rings. The van der Waals surface area contributed by atoms with Gasteiger partial charge in [-0.05, 0) is 18.8 Å². The van der Waals surface area contributed by atoms with Crippen LogP contribution in [-0.2, 0) is 9.59 Å². The van der Waals surface area contributed by atoms with E-state index in [9.17, 15) is 14.4 Å². The van der Waals surface area contributed by atoms with Gasteiger partial charge < -0.3 is 21.1 Å². The van der Waals surface area contributed by atoms with Crippen molar-refractivity contribution >= 4 is 17.9 Å². The molecular formula is C14H27N3O4. The van der Waals surface area contributed by atoms with Gasteiger partial charge >= 0.3 is 12.0 Å². The summed E-state index contributed by atoms with van der Waals surface area (Å²) in [5, 5.41) is 16.7. The molecule has 4 N–H and O–H groups in total. The number of carboxylic acids is 1. The van der Waals surface area contributed by atoms with Gasteiger partial charge in [-0.25, -0.2) is 4.79 Å². The number of rotatable bonds is 7. The molecule has 0 radical (unpaired) electrons. The van der Waals surface area contributed by atoms with E-state index >= 15 is 0 Å². The van der Waals surface area contributed by atoms with E-state index < -0.39 is 29.5 Å². The number of amides is 3. The van der Waals surface area contributed by atoms with Crippen LogP contribution in [0.4, 0.5) is 4.79 Å². The van der Waals surface area contributed by atoms with Crippen LogP contribution in [0.5, 0.6) is 0 Å². The van der Waals surface area contributed by atoms with Crippen molar-refractivity contribution in [3.05, 3.63) is 0 Å². The van der Waals surface area contributed by atoms with E-state index in [1.165, 1.54) is 0 Å². The summed E-state index contributed by atoms with van der Waals surface area (Å²) in [6.07, 6.45) is 0.642. The molecule has 0 heterocycles. The number of aliphatic carboxylic acids is 1. The first-order chi connectivity index (χ1) is 9.57. The maximum absolute atomic E-state index is 11.9. The molecule has 0 aliphatic heterocycles. The van der Waals surface area contributed by atoms with Crippen LogP contribution in [0.15, 0.2) is 0 Å². The fourth-order valence-corrected chi connectivity index (χ4v) is 1.61. The van der Waals surface area contributed by atoms with E-state index in [0.717, 1.165) is 6.42 Å². The van der Waals surface area contributed by atoms with Crippen molar-refractivity contribution in [2.75, 3.05) is 6.54 Å². The fraction of sp³-hybridized carbons (Fsp3) is 0.786. The lowest BCUT2D eigenvalue weighted by molar-refractivity contribution is -0.138. The van der Waals surface area contributed by atoms with E-state index in [2.05, 4.69) is 16.0 Å². The van der Waals surface area contributed by atoms with Gasteiger partial charge in [-0.1, -0.05) is 27.7 Å². The van der Waals surface area contributed by atoms with E-state index in [1.807, 2.05) is 27.7 Å². The van der Waals surface area contributed by atoms with Crippen LogP contribution in [0.3, 0.4) is 0 Å². The molecule has 0 spiro atoms. The van der Waals surface area contributed by atoms with Gasteiger partial charge in [0.05, 0.1) is 6.42 Å². The first kappa shape index (κ1) is 19.2. The molecule has 0 aromatic heterocycles. The third-order valence-electron chi connectivity index (χ3n) is 3.02. The Balaban J connectivity index is 4.50. The second-order valence-corrected chi connectivity index (χ2v) is 6.15. The summed E-state index contributed by atoms with van der Waals surface area (Å²) in [6, 6.07) is -1.75. The molecule has 0 aromatic rings. The lowest BCUT2D eigenvalue weighted by atomic mass is 9.85. The summed E-state index contributed by atoms with van der Waals surface area (Å²) in [5.41, 5.74) is -0.399. The average molecular weight is 301 g/mol. The first-order valence-corrected chi connectivity index (χ1v) is 7.14. The number of carboxylic acid groups (broad SMARTS) is 1. The summed E-state index contributed by atoms with van der Waals surface area (Å²) >= 11 is 0. The fourth-order valence-electron chi connectivity index (χ4n) is 1.61. The minimum absolute atomic E-state index is 0.173. The third-order valence-corrected chi connectivity index (χ3v) is 3.02. The predicted molar refractivity (Wildman–Crippen MR) is 79.9 cm³/mol. The molecule has 0 bridgehead atoms. The van der Waals surface area contributed by atoms with Crippen molar-refractivity contribution in [3.63, 3.8) is 0 Å². The van der Waals surface area contributed by atoms with Crippen molar-refractivity contribution < 1.29 is 19.5 Å². The van der Waals surface area contributed by atoms with E-state index in [4.69, 9.17) is 5.11 Å². The number of hydrogen-bond acceptors (Lipinski definition) is 3. The maximum Gasteiger partial charge on any atom is 0.315 e. The van der Waals surface area contributed by atoms with E-state index in [-0.39, 0.29) is 12.3 Å². The van der Waals surface area contributed by atoms with Gasteiger partial charge in [0.15, 0.2) is 0 Å². The SMILES string of the molecule is CCCNC(=O)C(C)NC(=O)NC(CC(=O)O)C(C)(C)C. The second-order valence-electron chi connectivity index (χ2n) is 6.15. The molecule has 0 saturated carbocycles. The Morgan fingerprint density at radius 1 is 1.14 bits per heavy atom. The summed E-state index contributed by atoms with van der Waals surface area (Å²) < 4.78 is 0. The number of urea groups is 1. The Morgan fingerprint density at radius 2 is 1.71 bits per heavy atom. The predicted octanol–water partition coefficient (Wildman–Crippen LogP) is 1.09. The molecule has 0 fully saturated rings. The first-order valence-electron chi connectivity index (χ1n) is 7.14. The topological polar surface area (TPSA) is 108 Å².